The van der Waals surface area contributed by atoms with Crippen molar-refractivity contribution < 1.29 is 4.74 Å². The van der Waals surface area contributed by atoms with Gasteiger partial charge in [-0.1, -0.05) is 31.3 Å². The van der Waals surface area contributed by atoms with E-state index in [1.54, 1.807) is 5.57 Å². The highest BCUT2D eigenvalue weighted by molar-refractivity contribution is 5.33. The molecule has 2 saturated carbocycles. The molecule has 18 heavy (non-hydrogen) atoms. The second kappa shape index (κ2) is 4.37. The zero-order chi connectivity index (χ0) is 12.0. The molecule has 2 fully saturated rings. The summed E-state index contributed by atoms with van der Waals surface area (Å²) in [5.41, 5.74) is 3.92. The molecule has 0 aromatic heterocycles. The highest BCUT2D eigenvalue weighted by Gasteiger charge is 2.48. The van der Waals surface area contributed by atoms with Crippen LogP contribution in [0.4, 0.5) is 0 Å². The van der Waals surface area contributed by atoms with Crippen LogP contribution in [0.2, 0.25) is 0 Å². The van der Waals surface area contributed by atoms with Gasteiger partial charge in [0.25, 0.3) is 0 Å². The van der Waals surface area contributed by atoms with E-state index in [0.29, 0.717) is 6.10 Å². The Kier molecular flexibility index (Phi) is 2.80. The molecule has 4 rings (SSSR count). The van der Waals surface area contributed by atoms with Gasteiger partial charge in [0.1, 0.15) is 0 Å². The van der Waals surface area contributed by atoms with Crippen molar-refractivity contribution in [2.24, 2.45) is 5.92 Å². The summed E-state index contributed by atoms with van der Waals surface area (Å²) in [6.07, 6.45) is 17.3. The first-order valence-electron chi connectivity index (χ1n) is 8.29. The van der Waals surface area contributed by atoms with Crippen LogP contribution < -0.4 is 0 Å². The Hall–Kier alpha value is -0.300. The molecule has 0 saturated heterocycles. The number of hydrogen-bond donors (Lipinski definition) is 0. The maximum atomic E-state index is 6.75. The van der Waals surface area contributed by atoms with Gasteiger partial charge < -0.3 is 4.74 Å². The van der Waals surface area contributed by atoms with E-state index in [1.165, 1.54) is 77.0 Å². The van der Waals surface area contributed by atoms with Crippen LogP contribution in [-0.2, 0) is 4.74 Å². The SMILES string of the molecule is C1CCC2=C(C1)C1CCCCC1OC21CCCC1. The summed E-state index contributed by atoms with van der Waals surface area (Å²) >= 11 is 0. The maximum absolute atomic E-state index is 6.75. The van der Waals surface area contributed by atoms with Crippen molar-refractivity contribution in [2.45, 2.75) is 88.8 Å². The molecule has 1 heteroatoms. The average molecular weight is 246 g/mol. The normalized spacial score (nSPS) is 38.7. The van der Waals surface area contributed by atoms with Crippen molar-refractivity contribution >= 4 is 0 Å². The topological polar surface area (TPSA) is 9.23 Å². The minimum absolute atomic E-state index is 0.230. The fourth-order valence-electron chi connectivity index (χ4n) is 5.22. The highest BCUT2D eigenvalue weighted by atomic mass is 16.5. The van der Waals surface area contributed by atoms with Gasteiger partial charge in [0.2, 0.25) is 0 Å². The Bertz CT molecular complexity index is 362. The van der Waals surface area contributed by atoms with Crippen LogP contribution in [0.15, 0.2) is 11.1 Å². The molecule has 0 N–H and O–H groups in total. The summed E-state index contributed by atoms with van der Waals surface area (Å²) in [7, 11) is 0. The molecule has 1 aliphatic heterocycles. The Morgan fingerprint density at radius 2 is 1.61 bits per heavy atom. The summed E-state index contributed by atoms with van der Waals surface area (Å²) in [6.45, 7) is 0. The van der Waals surface area contributed by atoms with Gasteiger partial charge in [0, 0.05) is 5.92 Å². The van der Waals surface area contributed by atoms with E-state index >= 15 is 0 Å². The fourth-order valence-corrected chi connectivity index (χ4v) is 5.22. The van der Waals surface area contributed by atoms with Gasteiger partial charge in [-0.3, -0.25) is 0 Å². The van der Waals surface area contributed by atoms with Gasteiger partial charge in [-0.15, -0.1) is 0 Å². The number of rotatable bonds is 0. The standard InChI is InChI=1S/C17H26O/c1-3-9-15-13(7-1)14-8-2-4-10-16(14)18-17(15)11-5-6-12-17/h14,16H,1-12H2. The lowest BCUT2D eigenvalue weighted by molar-refractivity contribution is -0.115. The second-order valence-corrected chi connectivity index (χ2v) is 6.96. The minimum Gasteiger partial charge on any atom is -0.367 e. The van der Waals surface area contributed by atoms with Crippen molar-refractivity contribution in [2.75, 3.05) is 0 Å². The van der Waals surface area contributed by atoms with Crippen LogP contribution in [0.3, 0.4) is 0 Å². The third-order valence-corrected chi connectivity index (χ3v) is 6.00. The van der Waals surface area contributed by atoms with Crippen LogP contribution in [0, 0.1) is 5.92 Å². The lowest BCUT2D eigenvalue weighted by Crippen LogP contribution is -2.47. The van der Waals surface area contributed by atoms with Gasteiger partial charge in [-0.25, -0.2) is 0 Å². The first-order valence-corrected chi connectivity index (χ1v) is 8.29. The van der Waals surface area contributed by atoms with Crippen LogP contribution in [-0.4, -0.2) is 11.7 Å². The van der Waals surface area contributed by atoms with Gasteiger partial charge in [0.05, 0.1) is 11.7 Å². The summed E-state index contributed by atoms with van der Waals surface area (Å²) in [5.74, 6) is 0.820. The number of hydrogen-bond acceptors (Lipinski definition) is 1. The van der Waals surface area contributed by atoms with Crippen LogP contribution in [0.5, 0.6) is 0 Å². The molecule has 100 valence electrons. The largest absolute Gasteiger partial charge is 0.367 e. The zero-order valence-electron chi connectivity index (χ0n) is 11.5. The summed E-state index contributed by atoms with van der Waals surface area (Å²) in [5, 5.41) is 0. The zero-order valence-corrected chi connectivity index (χ0v) is 11.5. The smallest absolute Gasteiger partial charge is 0.0898 e. The van der Waals surface area contributed by atoms with Gasteiger partial charge >= 0.3 is 0 Å². The first-order chi connectivity index (χ1) is 8.89. The molecule has 0 bridgehead atoms. The van der Waals surface area contributed by atoms with E-state index in [4.69, 9.17) is 4.74 Å². The molecule has 1 spiro atoms. The lowest BCUT2D eigenvalue weighted by Gasteiger charge is -2.49. The Morgan fingerprint density at radius 1 is 0.833 bits per heavy atom. The van der Waals surface area contributed by atoms with Crippen molar-refractivity contribution in [3.63, 3.8) is 0 Å². The number of ether oxygens (including phenoxy) is 1. The molecule has 0 aromatic rings. The van der Waals surface area contributed by atoms with Crippen molar-refractivity contribution in [3.05, 3.63) is 11.1 Å². The molecule has 2 atom stereocenters. The first kappa shape index (κ1) is 11.5. The molecule has 0 aromatic carbocycles. The maximum Gasteiger partial charge on any atom is 0.0898 e. The Balaban J connectivity index is 1.76. The molecule has 4 aliphatic rings. The monoisotopic (exact) mass is 246 g/mol. The van der Waals surface area contributed by atoms with Crippen molar-refractivity contribution in [3.8, 4) is 0 Å². The molecule has 2 unspecified atom stereocenters. The Labute approximate surface area is 111 Å². The van der Waals surface area contributed by atoms with Crippen LogP contribution in [0.25, 0.3) is 0 Å². The lowest BCUT2D eigenvalue weighted by atomic mass is 9.68. The van der Waals surface area contributed by atoms with E-state index < -0.39 is 0 Å². The fraction of sp³-hybridized carbons (Fsp3) is 0.882. The van der Waals surface area contributed by atoms with Gasteiger partial charge in [-0.2, -0.15) is 0 Å². The van der Waals surface area contributed by atoms with Crippen LogP contribution in [0.1, 0.15) is 77.0 Å². The number of fused-ring (bicyclic) bond motifs is 3. The van der Waals surface area contributed by atoms with Gasteiger partial charge in [0.15, 0.2) is 0 Å². The molecule has 0 amide bonds. The minimum atomic E-state index is 0.230. The second-order valence-electron chi connectivity index (χ2n) is 6.96. The van der Waals surface area contributed by atoms with E-state index in [9.17, 15) is 0 Å². The van der Waals surface area contributed by atoms with E-state index in [-0.39, 0.29) is 5.60 Å². The third-order valence-electron chi connectivity index (χ3n) is 6.00. The predicted molar refractivity (Wildman–Crippen MR) is 73.5 cm³/mol. The quantitative estimate of drug-likeness (QED) is 0.560. The van der Waals surface area contributed by atoms with E-state index in [1.807, 2.05) is 5.57 Å². The molecule has 1 nitrogen and oxygen atoms in total. The molecular formula is C17H26O. The predicted octanol–water partition coefficient (Wildman–Crippen LogP) is 4.76. The van der Waals surface area contributed by atoms with Gasteiger partial charge in [-0.05, 0) is 56.9 Å². The molecule has 1 heterocycles. The van der Waals surface area contributed by atoms with E-state index in [2.05, 4.69) is 0 Å². The molecule has 3 aliphatic carbocycles. The Morgan fingerprint density at radius 3 is 2.50 bits per heavy atom. The average Bonchev–Trinajstić information content (AvgIpc) is 2.89. The summed E-state index contributed by atoms with van der Waals surface area (Å²) in [6, 6.07) is 0. The van der Waals surface area contributed by atoms with E-state index in [0.717, 1.165) is 5.92 Å². The summed E-state index contributed by atoms with van der Waals surface area (Å²) < 4.78 is 6.75. The molecule has 0 radical (unpaired) electrons. The third kappa shape index (κ3) is 1.62. The summed E-state index contributed by atoms with van der Waals surface area (Å²) in [4.78, 5) is 0. The van der Waals surface area contributed by atoms with Crippen LogP contribution >= 0.6 is 0 Å². The van der Waals surface area contributed by atoms with Crippen molar-refractivity contribution in [1.29, 1.82) is 0 Å². The molecular weight excluding hydrogens is 220 g/mol. The highest BCUT2D eigenvalue weighted by Crippen LogP contribution is 2.53. The van der Waals surface area contributed by atoms with Crippen molar-refractivity contribution in [1.82, 2.24) is 0 Å².